The number of aromatic carboxylic acids is 1. The molecule has 0 aliphatic rings. The van der Waals surface area contributed by atoms with E-state index in [2.05, 4.69) is 0 Å². The van der Waals surface area contributed by atoms with Gasteiger partial charge in [-0.3, -0.25) is 0 Å². The summed E-state index contributed by atoms with van der Waals surface area (Å²) in [6.45, 7) is 2.11. The minimum Gasteiger partial charge on any atom is -0.508 e. The van der Waals surface area contributed by atoms with Crippen LogP contribution in [-0.4, -0.2) is 33.9 Å². The van der Waals surface area contributed by atoms with E-state index in [1.807, 2.05) is 0 Å². The number of ether oxygens (including phenoxy) is 1. The van der Waals surface area contributed by atoms with E-state index in [0.717, 1.165) is 0 Å². The average Bonchev–Trinajstić information content (AvgIpc) is 2.49. The second kappa shape index (κ2) is 8.31. The summed E-state index contributed by atoms with van der Waals surface area (Å²) in [5, 5.41) is 26.1. The first-order valence-electron chi connectivity index (χ1n) is 6.42. The molecule has 6 heteroatoms. The molecule has 0 aliphatic heterocycles. The molecule has 0 fully saturated rings. The van der Waals surface area contributed by atoms with E-state index in [1.165, 1.54) is 48.5 Å². The van der Waals surface area contributed by atoms with E-state index in [-0.39, 0.29) is 23.0 Å². The molecule has 0 aliphatic carbocycles. The van der Waals surface area contributed by atoms with Gasteiger partial charge in [0.25, 0.3) is 0 Å². The van der Waals surface area contributed by atoms with Crippen LogP contribution >= 0.6 is 0 Å². The Hall–Kier alpha value is -3.02. The number of carbonyl (C=O) groups is 2. The van der Waals surface area contributed by atoms with E-state index in [1.54, 1.807) is 6.92 Å². The molecule has 6 nitrogen and oxygen atoms in total. The van der Waals surface area contributed by atoms with Crippen molar-refractivity contribution in [2.45, 2.75) is 6.92 Å². The lowest BCUT2D eigenvalue weighted by atomic mass is 10.2. The fourth-order valence-corrected chi connectivity index (χ4v) is 1.45. The maximum Gasteiger partial charge on any atom is 0.338 e. The van der Waals surface area contributed by atoms with Gasteiger partial charge in [-0.15, -0.1) is 0 Å². The number of hydrogen-bond acceptors (Lipinski definition) is 5. The standard InChI is InChI=1S/C9H10O3.C7H6O3/c1-2-12-9(11)7-3-5-8(10)6-4-7;8-6-3-1-2-5(4-6)7(9)10/h3-6,10H,2H2,1H3;1-4,8H,(H,9,10). The molecule has 0 aromatic heterocycles. The molecular weight excluding hydrogens is 288 g/mol. The van der Waals surface area contributed by atoms with Crippen molar-refractivity contribution in [1.82, 2.24) is 0 Å². The first-order chi connectivity index (χ1) is 10.4. The van der Waals surface area contributed by atoms with Crippen molar-refractivity contribution in [3.05, 3.63) is 59.7 Å². The minimum absolute atomic E-state index is 0.0279. The van der Waals surface area contributed by atoms with E-state index in [9.17, 15) is 9.59 Å². The van der Waals surface area contributed by atoms with Gasteiger partial charge in [-0.25, -0.2) is 9.59 Å². The first-order valence-corrected chi connectivity index (χ1v) is 6.42. The molecule has 0 radical (unpaired) electrons. The molecular formula is C16H16O6. The van der Waals surface area contributed by atoms with Gasteiger partial charge in [0.2, 0.25) is 0 Å². The van der Waals surface area contributed by atoms with Crippen LogP contribution in [0.2, 0.25) is 0 Å². The Bertz CT molecular complexity index is 633. The molecule has 22 heavy (non-hydrogen) atoms. The molecule has 0 amide bonds. The number of benzene rings is 2. The molecule has 2 aromatic rings. The lowest BCUT2D eigenvalue weighted by Crippen LogP contribution is -2.03. The molecule has 0 saturated heterocycles. The maximum atomic E-state index is 11.1. The second-order valence-electron chi connectivity index (χ2n) is 4.12. The number of aromatic hydroxyl groups is 2. The molecule has 0 spiro atoms. The van der Waals surface area contributed by atoms with Gasteiger partial charge in [0.05, 0.1) is 17.7 Å². The highest BCUT2D eigenvalue weighted by Crippen LogP contribution is 2.10. The number of esters is 1. The summed E-state index contributed by atoms with van der Waals surface area (Å²) in [5.74, 6) is -1.28. The number of carboxylic acids is 1. The summed E-state index contributed by atoms with van der Waals surface area (Å²) in [7, 11) is 0. The molecule has 0 atom stereocenters. The van der Waals surface area contributed by atoms with Crippen molar-refractivity contribution in [2.75, 3.05) is 6.61 Å². The predicted molar refractivity (Wildman–Crippen MR) is 79.1 cm³/mol. The zero-order valence-electron chi connectivity index (χ0n) is 11.9. The molecule has 0 saturated carbocycles. The molecule has 116 valence electrons. The maximum absolute atomic E-state index is 11.1. The average molecular weight is 304 g/mol. The van der Waals surface area contributed by atoms with E-state index >= 15 is 0 Å². The van der Waals surface area contributed by atoms with Crippen molar-refractivity contribution < 1.29 is 29.6 Å². The van der Waals surface area contributed by atoms with Crippen molar-refractivity contribution >= 4 is 11.9 Å². The number of carbonyl (C=O) groups excluding carboxylic acids is 1. The number of carboxylic acid groups (broad SMARTS) is 1. The van der Waals surface area contributed by atoms with Crippen molar-refractivity contribution in [1.29, 1.82) is 0 Å². The summed E-state index contributed by atoms with van der Waals surface area (Å²) in [4.78, 5) is 21.3. The van der Waals surface area contributed by atoms with Gasteiger partial charge in [0.15, 0.2) is 0 Å². The predicted octanol–water partition coefficient (Wildman–Crippen LogP) is 2.66. The zero-order chi connectivity index (χ0) is 16.5. The van der Waals surface area contributed by atoms with Gasteiger partial charge in [-0.2, -0.15) is 0 Å². The normalized spacial score (nSPS) is 9.32. The third kappa shape index (κ3) is 5.54. The Balaban J connectivity index is 0.000000224. The van der Waals surface area contributed by atoms with Gasteiger partial charge >= 0.3 is 11.9 Å². The number of rotatable bonds is 3. The smallest absolute Gasteiger partial charge is 0.338 e. The molecule has 2 rings (SSSR count). The largest absolute Gasteiger partial charge is 0.508 e. The monoisotopic (exact) mass is 304 g/mol. The molecule has 0 heterocycles. The van der Waals surface area contributed by atoms with Crippen LogP contribution in [0, 0.1) is 0 Å². The summed E-state index contributed by atoms with van der Waals surface area (Å²) in [6.07, 6.45) is 0. The van der Waals surface area contributed by atoms with Crippen molar-refractivity contribution in [3.63, 3.8) is 0 Å². The molecule has 3 N–H and O–H groups in total. The van der Waals surface area contributed by atoms with Gasteiger partial charge in [-0.1, -0.05) is 6.07 Å². The Morgan fingerprint density at radius 1 is 0.955 bits per heavy atom. The lowest BCUT2D eigenvalue weighted by molar-refractivity contribution is 0.0526. The fraction of sp³-hybridized carbons (Fsp3) is 0.125. The first kappa shape index (κ1) is 17.0. The van der Waals surface area contributed by atoms with Crippen LogP contribution in [0.15, 0.2) is 48.5 Å². The Morgan fingerprint density at radius 3 is 2.05 bits per heavy atom. The van der Waals surface area contributed by atoms with Crippen LogP contribution in [0.1, 0.15) is 27.6 Å². The van der Waals surface area contributed by atoms with Crippen molar-refractivity contribution in [3.8, 4) is 11.5 Å². The summed E-state index contributed by atoms with van der Waals surface area (Å²) in [6, 6.07) is 11.5. The Morgan fingerprint density at radius 2 is 1.59 bits per heavy atom. The minimum atomic E-state index is -1.03. The van der Waals surface area contributed by atoms with Crippen molar-refractivity contribution in [2.24, 2.45) is 0 Å². The van der Waals surface area contributed by atoms with Crippen LogP contribution in [0.4, 0.5) is 0 Å². The second-order valence-corrected chi connectivity index (χ2v) is 4.12. The number of hydrogen-bond donors (Lipinski definition) is 3. The lowest BCUT2D eigenvalue weighted by Gasteiger charge is -2.00. The molecule has 0 bridgehead atoms. The Labute approximate surface area is 127 Å². The summed E-state index contributed by atoms with van der Waals surface area (Å²) >= 11 is 0. The van der Waals surface area contributed by atoms with Gasteiger partial charge in [0.1, 0.15) is 11.5 Å². The molecule has 0 unspecified atom stereocenters. The third-order valence-electron chi connectivity index (χ3n) is 2.47. The van der Waals surface area contributed by atoms with Crippen LogP contribution < -0.4 is 0 Å². The van der Waals surface area contributed by atoms with Gasteiger partial charge in [0, 0.05) is 0 Å². The third-order valence-corrected chi connectivity index (χ3v) is 2.47. The summed E-state index contributed by atoms with van der Waals surface area (Å²) in [5.41, 5.74) is 0.551. The SMILES string of the molecule is CCOC(=O)c1ccc(O)cc1.O=C(O)c1cccc(O)c1. The fourth-order valence-electron chi connectivity index (χ4n) is 1.45. The van der Waals surface area contributed by atoms with Crippen LogP contribution in [0.5, 0.6) is 11.5 Å². The van der Waals surface area contributed by atoms with Crippen LogP contribution in [-0.2, 0) is 4.74 Å². The summed E-state index contributed by atoms with van der Waals surface area (Å²) < 4.78 is 4.75. The van der Waals surface area contributed by atoms with Crippen LogP contribution in [0.25, 0.3) is 0 Å². The quantitative estimate of drug-likeness (QED) is 0.753. The van der Waals surface area contributed by atoms with Gasteiger partial charge in [-0.05, 0) is 49.4 Å². The van der Waals surface area contributed by atoms with E-state index < -0.39 is 5.97 Å². The Kier molecular flexibility index (Phi) is 6.43. The highest BCUT2D eigenvalue weighted by Gasteiger charge is 2.04. The number of phenolic OH excluding ortho intramolecular Hbond substituents is 2. The highest BCUT2D eigenvalue weighted by atomic mass is 16.5. The van der Waals surface area contributed by atoms with E-state index in [0.29, 0.717) is 12.2 Å². The highest BCUT2D eigenvalue weighted by molar-refractivity contribution is 5.89. The van der Waals surface area contributed by atoms with Crippen LogP contribution in [0.3, 0.4) is 0 Å². The van der Waals surface area contributed by atoms with Gasteiger partial charge < -0.3 is 20.1 Å². The van der Waals surface area contributed by atoms with E-state index in [4.69, 9.17) is 20.1 Å². The number of phenols is 2. The zero-order valence-corrected chi connectivity index (χ0v) is 11.9. The topological polar surface area (TPSA) is 104 Å². The molecule has 2 aromatic carbocycles.